The third kappa shape index (κ3) is 5.60. The molecular formula is C36H35N3O5S. The van der Waals surface area contributed by atoms with Crippen molar-refractivity contribution >= 4 is 34.3 Å². The molecule has 1 aliphatic rings. The summed E-state index contributed by atoms with van der Waals surface area (Å²) in [6.07, 6.45) is 4.02. The van der Waals surface area contributed by atoms with Crippen LogP contribution in [0.2, 0.25) is 0 Å². The number of benzene rings is 3. The van der Waals surface area contributed by atoms with Gasteiger partial charge in [-0.2, -0.15) is 0 Å². The van der Waals surface area contributed by atoms with Crippen LogP contribution in [0.5, 0.6) is 11.5 Å². The average Bonchev–Trinajstić information content (AvgIpc) is 3.53. The van der Waals surface area contributed by atoms with Crippen LogP contribution in [0.1, 0.15) is 49.1 Å². The van der Waals surface area contributed by atoms with Crippen molar-refractivity contribution in [2.24, 2.45) is 4.99 Å². The Morgan fingerprint density at radius 3 is 2.58 bits per heavy atom. The van der Waals surface area contributed by atoms with E-state index >= 15 is 0 Å². The molecule has 8 nitrogen and oxygen atoms in total. The number of aryl methyl sites for hydroxylation is 1. The van der Waals surface area contributed by atoms with Gasteiger partial charge in [0.2, 0.25) is 0 Å². The predicted molar refractivity (Wildman–Crippen MR) is 177 cm³/mol. The minimum atomic E-state index is -0.818. The molecule has 0 spiro atoms. The van der Waals surface area contributed by atoms with Gasteiger partial charge in [-0.15, -0.1) is 0 Å². The molecule has 45 heavy (non-hydrogen) atoms. The lowest BCUT2D eigenvalue weighted by atomic mass is 9.94. The summed E-state index contributed by atoms with van der Waals surface area (Å²) in [6, 6.07) is 21.3. The van der Waals surface area contributed by atoms with E-state index < -0.39 is 12.0 Å². The van der Waals surface area contributed by atoms with Gasteiger partial charge in [-0.1, -0.05) is 71.5 Å². The molecule has 0 bridgehead atoms. The molecule has 0 fully saturated rings. The summed E-state index contributed by atoms with van der Waals surface area (Å²) in [4.78, 5) is 33.0. The quantitative estimate of drug-likeness (QED) is 0.203. The van der Waals surface area contributed by atoms with Gasteiger partial charge in [0.25, 0.3) is 5.56 Å². The molecule has 2 aromatic heterocycles. The van der Waals surface area contributed by atoms with Gasteiger partial charge >= 0.3 is 5.97 Å². The Kier molecular flexibility index (Phi) is 8.45. The number of thiazole rings is 1. The SMILES string of the molecule is CCOC(=O)C1=C(C)N=c2s/c(=C/c3cn(Cc4cccc(C)c4)c4ccccc34)c(=O)n2[C@H]1c1cccc(OC)c1OCC. The average molecular weight is 622 g/mol. The van der Waals surface area contributed by atoms with Crippen molar-refractivity contribution in [1.29, 1.82) is 0 Å². The molecule has 1 aliphatic heterocycles. The number of ether oxygens (including phenoxy) is 3. The third-order valence-corrected chi connectivity index (χ3v) is 8.85. The highest BCUT2D eigenvalue weighted by molar-refractivity contribution is 7.07. The Labute approximate surface area is 265 Å². The van der Waals surface area contributed by atoms with Crippen LogP contribution in [0, 0.1) is 6.92 Å². The van der Waals surface area contributed by atoms with Gasteiger partial charge < -0.3 is 18.8 Å². The largest absolute Gasteiger partial charge is 0.493 e. The minimum absolute atomic E-state index is 0.190. The van der Waals surface area contributed by atoms with Gasteiger partial charge in [-0.25, -0.2) is 9.79 Å². The Hall–Kier alpha value is -4.89. The molecule has 1 atom stereocenters. The molecule has 0 unspecified atom stereocenters. The maximum Gasteiger partial charge on any atom is 0.338 e. The highest BCUT2D eigenvalue weighted by Gasteiger charge is 2.36. The highest BCUT2D eigenvalue weighted by atomic mass is 32.1. The van der Waals surface area contributed by atoms with E-state index in [4.69, 9.17) is 19.2 Å². The second kappa shape index (κ2) is 12.6. The highest BCUT2D eigenvalue weighted by Crippen LogP contribution is 2.40. The third-order valence-electron chi connectivity index (χ3n) is 7.87. The van der Waals surface area contributed by atoms with Crippen LogP contribution in [-0.2, 0) is 16.1 Å². The molecule has 230 valence electrons. The van der Waals surface area contributed by atoms with E-state index in [9.17, 15) is 9.59 Å². The maximum absolute atomic E-state index is 14.4. The standard InChI is InChI=1S/C36H35N3O5S/c1-6-43-33-27(15-11-17-29(33)42-5)32-31(35(41)44-7-2)23(4)37-36-39(32)34(40)30(45-36)19-25-21-38(28-16-9-8-14-26(25)28)20-24-13-10-12-22(3)18-24/h8-19,21,32H,6-7,20H2,1-5H3/b30-19+/t32-/m0/s1. The molecule has 0 aliphatic carbocycles. The Morgan fingerprint density at radius 1 is 1.02 bits per heavy atom. The van der Waals surface area contributed by atoms with Crippen LogP contribution in [-0.4, -0.2) is 35.4 Å². The van der Waals surface area contributed by atoms with E-state index in [2.05, 4.69) is 54.1 Å². The summed E-state index contributed by atoms with van der Waals surface area (Å²) < 4.78 is 21.4. The van der Waals surface area contributed by atoms with Crippen molar-refractivity contribution in [3.05, 3.63) is 126 Å². The number of methoxy groups -OCH3 is 1. The number of esters is 1. The summed E-state index contributed by atoms with van der Waals surface area (Å²) in [5.74, 6) is 0.455. The lowest BCUT2D eigenvalue weighted by Gasteiger charge is -2.26. The number of rotatable bonds is 9. The molecule has 9 heteroatoms. The molecular weight excluding hydrogens is 586 g/mol. The summed E-state index contributed by atoms with van der Waals surface area (Å²) in [6.45, 7) is 8.77. The Balaban J connectivity index is 1.55. The van der Waals surface area contributed by atoms with Gasteiger partial charge in [0.05, 0.1) is 36.1 Å². The van der Waals surface area contributed by atoms with Crippen LogP contribution in [0.25, 0.3) is 17.0 Å². The first-order chi connectivity index (χ1) is 21.8. The van der Waals surface area contributed by atoms with Crippen LogP contribution in [0.3, 0.4) is 0 Å². The van der Waals surface area contributed by atoms with Crippen molar-refractivity contribution in [2.45, 2.75) is 40.3 Å². The number of carbonyl (C=O) groups is 1. The van der Waals surface area contributed by atoms with Crippen LogP contribution >= 0.6 is 11.3 Å². The van der Waals surface area contributed by atoms with Gasteiger partial charge in [0, 0.05) is 34.8 Å². The normalized spacial score (nSPS) is 14.8. The summed E-state index contributed by atoms with van der Waals surface area (Å²) in [5.41, 5.74) is 5.57. The first-order valence-electron chi connectivity index (χ1n) is 15.0. The fourth-order valence-electron chi connectivity index (χ4n) is 5.96. The van der Waals surface area contributed by atoms with Crippen LogP contribution in [0.15, 0.2) is 94.0 Å². The summed E-state index contributed by atoms with van der Waals surface area (Å²) in [5, 5.41) is 1.04. The van der Waals surface area contributed by atoms with E-state index in [0.717, 1.165) is 16.5 Å². The number of para-hydroxylation sites is 2. The number of carbonyl (C=O) groups excluding carboxylic acids is 1. The number of aromatic nitrogens is 2. The van der Waals surface area contributed by atoms with Crippen molar-refractivity contribution in [1.82, 2.24) is 9.13 Å². The number of fused-ring (bicyclic) bond motifs is 2. The van der Waals surface area contributed by atoms with E-state index in [0.29, 0.717) is 50.8 Å². The first kappa shape index (κ1) is 30.1. The molecule has 0 radical (unpaired) electrons. The van der Waals surface area contributed by atoms with E-state index in [1.807, 2.05) is 37.3 Å². The molecule has 0 N–H and O–H groups in total. The number of hydrogen-bond acceptors (Lipinski definition) is 7. The zero-order valence-electron chi connectivity index (χ0n) is 26.0. The fraction of sp³-hybridized carbons (Fsp3) is 0.250. The zero-order chi connectivity index (χ0) is 31.7. The second-order valence-corrected chi connectivity index (χ2v) is 11.8. The summed E-state index contributed by atoms with van der Waals surface area (Å²) in [7, 11) is 1.57. The van der Waals surface area contributed by atoms with Crippen molar-refractivity contribution < 1.29 is 19.0 Å². The molecule has 0 saturated carbocycles. The molecule has 6 rings (SSSR count). The van der Waals surface area contributed by atoms with E-state index in [1.54, 1.807) is 31.6 Å². The first-order valence-corrected chi connectivity index (χ1v) is 15.8. The van der Waals surface area contributed by atoms with Crippen LogP contribution in [0.4, 0.5) is 0 Å². The number of hydrogen-bond donors (Lipinski definition) is 0. The predicted octanol–water partition coefficient (Wildman–Crippen LogP) is 5.52. The van der Waals surface area contributed by atoms with E-state index in [1.165, 1.54) is 22.5 Å². The lowest BCUT2D eigenvalue weighted by molar-refractivity contribution is -0.139. The number of allylic oxidation sites excluding steroid dienone is 1. The molecule has 0 amide bonds. The van der Waals surface area contributed by atoms with Gasteiger partial charge in [-0.05, 0) is 51.5 Å². The molecule has 0 saturated heterocycles. The second-order valence-electron chi connectivity index (χ2n) is 10.8. The van der Waals surface area contributed by atoms with Crippen LogP contribution < -0.4 is 24.4 Å². The fourth-order valence-corrected chi connectivity index (χ4v) is 7.00. The molecule has 3 aromatic carbocycles. The lowest BCUT2D eigenvalue weighted by Crippen LogP contribution is -2.40. The van der Waals surface area contributed by atoms with Gasteiger partial charge in [0.1, 0.15) is 6.04 Å². The minimum Gasteiger partial charge on any atom is -0.493 e. The van der Waals surface area contributed by atoms with Crippen molar-refractivity contribution in [3.8, 4) is 11.5 Å². The smallest absolute Gasteiger partial charge is 0.338 e. The van der Waals surface area contributed by atoms with Crippen molar-refractivity contribution in [2.75, 3.05) is 20.3 Å². The Bertz CT molecular complexity index is 2140. The Morgan fingerprint density at radius 2 is 1.82 bits per heavy atom. The topological polar surface area (TPSA) is 84.1 Å². The van der Waals surface area contributed by atoms with Gasteiger partial charge in [0.15, 0.2) is 16.3 Å². The maximum atomic E-state index is 14.4. The molecule has 5 aromatic rings. The summed E-state index contributed by atoms with van der Waals surface area (Å²) >= 11 is 1.30. The van der Waals surface area contributed by atoms with Gasteiger partial charge in [-0.3, -0.25) is 9.36 Å². The zero-order valence-corrected chi connectivity index (χ0v) is 26.8. The van der Waals surface area contributed by atoms with E-state index in [-0.39, 0.29) is 12.2 Å². The molecule has 3 heterocycles. The number of nitrogens with zero attached hydrogens (tertiary/aromatic N) is 3. The van der Waals surface area contributed by atoms with Crippen molar-refractivity contribution in [3.63, 3.8) is 0 Å². The monoisotopic (exact) mass is 621 g/mol.